The van der Waals surface area contributed by atoms with Crippen LogP contribution in [0.15, 0.2) is 6.20 Å². The van der Waals surface area contributed by atoms with Gasteiger partial charge in [-0.3, -0.25) is 0 Å². The first-order chi connectivity index (χ1) is 7.38. The third kappa shape index (κ3) is 2.37. The van der Waals surface area contributed by atoms with Crippen molar-refractivity contribution in [3.63, 3.8) is 0 Å². The van der Waals surface area contributed by atoms with Crippen molar-refractivity contribution in [2.75, 3.05) is 5.32 Å². The van der Waals surface area contributed by atoms with E-state index in [-0.39, 0.29) is 17.1 Å². The molecule has 2 atom stereocenters. The van der Waals surface area contributed by atoms with Gasteiger partial charge >= 0.3 is 6.18 Å². The number of anilines is 1. The summed E-state index contributed by atoms with van der Waals surface area (Å²) in [7, 11) is 0. The van der Waals surface area contributed by atoms with Gasteiger partial charge in [0.15, 0.2) is 0 Å². The summed E-state index contributed by atoms with van der Waals surface area (Å²) in [5.74, 6) is 0.136. The number of nitrogens with one attached hydrogen (secondary N) is 1. The molecule has 88 valence electrons. The minimum atomic E-state index is -4.47. The van der Waals surface area contributed by atoms with E-state index in [4.69, 9.17) is 11.6 Å². The third-order valence-electron chi connectivity index (χ3n) is 2.50. The van der Waals surface area contributed by atoms with E-state index in [0.717, 1.165) is 6.42 Å². The van der Waals surface area contributed by atoms with E-state index in [9.17, 15) is 13.2 Å². The Morgan fingerprint density at radius 2 is 2.12 bits per heavy atom. The molecule has 0 aliphatic heterocycles. The van der Waals surface area contributed by atoms with Crippen molar-refractivity contribution in [3.8, 4) is 0 Å². The molecule has 1 N–H and O–H groups in total. The van der Waals surface area contributed by atoms with E-state index in [1.165, 1.54) is 0 Å². The lowest BCUT2D eigenvalue weighted by molar-refractivity contribution is -0.137. The van der Waals surface area contributed by atoms with Crippen molar-refractivity contribution in [3.05, 3.63) is 17.0 Å². The van der Waals surface area contributed by atoms with Gasteiger partial charge in [0.2, 0.25) is 5.28 Å². The Labute approximate surface area is 95.0 Å². The number of halogens is 4. The summed E-state index contributed by atoms with van der Waals surface area (Å²) in [6.45, 7) is 1.95. The first-order valence-corrected chi connectivity index (χ1v) is 5.12. The zero-order valence-electron chi connectivity index (χ0n) is 8.35. The van der Waals surface area contributed by atoms with Gasteiger partial charge in [0.1, 0.15) is 11.4 Å². The Morgan fingerprint density at radius 3 is 2.62 bits per heavy atom. The predicted octanol–water partition coefficient (Wildman–Crippen LogP) is 2.97. The van der Waals surface area contributed by atoms with E-state index in [1.54, 1.807) is 0 Å². The predicted molar refractivity (Wildman–Crippen MR) is 53.2 cm³/mol. The Balaban J connectivity index is 2.29. The van der Waals surface area contributed by atoms with E-state index >= 15 is 0 Å². The van der Waals surface area contributed by atoms with Crippen molar-refractivity contribution in [1.29, 1.82) is 0 Å². The highest BCUT2D eigenvalue weighted by atomic mass is 35.5. The first-order valence-electron chi connectivity index (χ1n) is 4.74. The number of rotatable bonds is 2. The molecule has 1 heterocycles. The monoisotopic (exact) mass is 251 g/mol. The van der Waals surface area contributed by atoms with Crippen LogP contribution in [0.5, 0.6) is 0 Å². The van der Waals surface area contributed by atoms with Gasteiger partial charge in [-0.25, -0.2) is 9.97 Å². The average Bonchev–Trinajstić information content (AvgIpc) is 2.79. The molecule has 0 aromatic carbocycles. The van der Waals surface area contributed by atoms with E-state index in [1.807, 2.05) is 6.92 Å². The summed E-state index contributed by atoms with van der Waals surface area (Å²) >= 11 is 5.48. The fourth-order valence-electron chi connectivity index (χ4n) is 1.38. The van der Waals surface area contributed by atoms with Crippen molar-refractivity contribution < 1.29 is 13.2 Å². The largest absolute Gasteiger partial charge is 0.421 e. The van der Waals surface area contributed by atoms with Crippen molar-refractivity contribution in [2.45, 2.75) is 25.6 Å². The summed E-state index contributed by atoms with van der Waals surface area (Å²) < 4.78 is 37.8. The minimum absolute atomic E-state index is 0.0482. The fourth-order valence-corrected chi connectivity index (χ4v) is 1.51. The minimum Gasteiger partial charge on any atom is -0.366 e. The lowest BCUT2D eigenvalue weighted by atomic mass is 10.3. The maximum absolute atomic E-state index is 12.6. The van der Waals surface area contributed by atoms with Crippen molar-refractivity contribution in [2.24, 2.45) is 5.92 Å². The van der Waals surface area contributed by atoms with Crippen LogP contribution in [-0.4, -0.2) is 16.0 Å². The molecule has 0 amide bonds. The molecule has 1 fully saturated rings. The quantitative estimate of drug-likeness (QED) is 0.821. The molecular weight excluding hydrogens is 243 g/mol. The molecule has 0 radical (unpaired) electrons. The van der Waals surface area contributed by atoms with E-state index in [2.05, 4.69) is 15.3 Å². The number of hydrogen-bond acceptors (Lipinski definition) is 3. The first kappa shape index (κ1) is 11.4. The van der Waals surface area contributed by atoms with Gasteiger partial charge in [-0.1, -0.05) is 6.92 Å². The summed E-state index contributed by atoms with van der Waals surface area (Å²) in [6.07, 6.45) is -2.92. The van der Waals surface area contributed by atoms with Crippen LogP contribution >= 0.6 is 11.6 Å². The molecule has 16 heavy (non-hydrogen) atoms. The maximum Gasteiger partial charge on any atom is 0.421 e. The number of nitrogens with zero attached hydrogens (tertiary/aromatic N) is 2. The summed E-state index contributed by atoms with van der Waals surface area (Å²) in [5.41, 5.74) is -0.879. The van der Waals surface area contributed by atoms with Crippen LogP contribution in [0.4, 0.5) is 19.0 Å². The second kappa shape index (κ2) is 3.76. The van der Waals surface area contributed by atoms with Crippen molar-refractivity contribution >= 4 is 17.4 Å². The highest BCUT2D eigenvalue weighted by molar-refractivity contribution is 6.28. The molecule has 1 aromatic rings. The average molecular weight is 252 g/mol. The molecule has 1 aromatic heterocycles. The Kier molecular flexibility index (Phi) is 2.69. The van der Waals surface area contributed by atoms with Crippen LogP contribution in [0.2, 0.25) is 5.28 Å². The smallest absolute Gasteiger partial charge is 0.366 e. The molecule has 2 rings (SSSR count). The molecule has 7 heteroatoms. The zero-order valence-corrected chi connectivity index (χ0v) is 9.10. The van der Waals surface area contributed by atoms with Gasteiger partial charge in [0, 0.05) is 12.2 Å². The Hall–Kier alpha value is -1.04. The molecule has 1 aliphatic carbocycles. The Bertz CT molecular complexity index is 407. The molecule has 2 unspecified atom stereocenters. The second-order valence-corrected chi connectivity index (χ2v) is 4.20. The second-order valence-electron chi connectivity index (χ2n) is 3.86. The lowest BCUT2D eigenvalue weighted by Crippen LogP contribution is -2.15. The van der Waals surface area contributed by atoms with Gasteiger partial charge in [-0.05, 0) is 23.9 Å². The van der Waals surface area contributed by atoms with Gasteiger partial charge in [0.05, 0.1) is 0 Å². The standard InChI is InChI=1S/C9H9ClF3N3/c1-4-2-6(4)15-7-5(9(11,12)13)3-14-8(10)16-7/h3-4,6H,2H2,1H3,(H,14,15,16). The normalized spacial score (nSPS) is 24.3. The number of hydrogen-bond donors (Lipinski definition) is 1. The zero-order chi connectivity index (χ0) is 11.9. The number of aromatic nitrogens is 2. The van der Waals surface area contributed by atoms with Crippen LogP contribution in [-0.2, 0) is 6.18 Å². The maximum atomic E-state index is 12.6. The van der Waals surface area contributed by atoms with Crippen LogP contribution in [0.25, 0.3) is 0 Å². The molecule has 0 spiro atoms. The highest BCUT2D eigenvalue weighted by Gasteiger charge is 2.39. The van der Waals surface area contributed by atoms with E-state index < -0.39 is 11.7 Å². The lowest BCUT2D eigenvalue weighted by Gasteiger charge is -2.12. The third-order valence-corrected chi connectivity index (χ3v) is 2.68. The van der Waals surface area contributed by atoms with Crippen molar-refractivity contribution in [1.82, 2.24) is 9.97 Å². The fraction of sp³-hybridized carbons (Fsp3) is 0.556. The SMILES string of the molecule is CC1CC1Nc1nc(Cl)ncc1C(F)(F)F. The van der Waals surface area contributed by atoms with Gasteiger partial charge < -0.3 is 5.32 Å². The summed E-state index contributed by atoms with van der Waals surface area (Å²) in [4.78, 5) is 6.92. The van der Waals surface area contributed by atoms with Crippen LogP contribution in [0.3, 0.4) is 0 Å². The van der Waals surface area contributed by atoms with Gasteiger partial charge in [-0.2, -0.15) is 13.2 Å². The van der Waals surface area contributed by atoms with Crippen LogP contribution in [0.1, 0.15) is 18.9 Å². The number of alkyl halides is 3. The Morgan fingerprint density at radius 1 is 1.50 bits per heavy atom. The summed E-state index contributed by atoms with van der Waals surface area (Å²) in [6, 6.07) is 0.0482. The van der Waals surface area contributed by atoms with E-state index in [0.29, 0.717) is 12.1 Å². The molecule has 0 bridgehead atoms. The molecule has 3 nitrogen and oxygen atoms in total. The molecular formula is C9H9ClF3N3. The van der Waals surface area contributed by atoms with Crippen LogP contribution < -0.4 is 5.32 Å². The highest BCUT2D eigenvalue weighted by Crippen LogP contribution is 2.38. The molecule has 1 aliphatic rings. The van der Waals surface area contributed by atoms with Crippen LogP contribution in [0, 0.1) is 5.92 Å². The topological polar surface area (TPSA) is 37.8 Å². The summed E-state index contributed by atoms with van der Waals surface area (Å²) in [5, 5.41) is 2.54. The molecule has 1 saturated carbocycles. The van der Waals surface area contributed by atoms with Gasteiger partial charge in [0.25, 0.3) is 0 Å². The molecule has 0 saturated heterocycles. The van der Waals surface area contributed by atoms with Gasteiger partial charge in [-0.15, -0.1) is 0 Å².